The van der Waals surface area contributed by atoms with E-state index in [0.29, 0.717) is 6.61 Å². The third kappa shape index (κ3) is 3.09. The summed E-state index contributed by atoms with van der Waals surface area (Å²) in [6, 6.07) is 9.39. The van der Waals surface area contributed by atoms with Crippen LogP contribution in [0.15, 0.2) is 30.3 Å². The molecule has 1 aromatic carbocycles. The summed E-state index contributed by atoms with van der Waals surface area (Å²) in [5.41, 5.74) is 0. The lowest BCUT2D eigenvalue weighted by atomic mass is 10.2. The highest BCUT2D eigenvalue weighted by Gasteiger charge is 2.13. The quantitative estimate of drug-likeness (QED) is 0.686. The Morgan fingerprint density at radius 2 is 2.00 bits per heavy atom. The highest BCUT2D eigenvalue weighted by molar-refractivity contribution is 5.71. The van der Waals surface area contributed by atoms with Gasteiger partial charge >= 0.3 is 5.97 Å². The van der Waals surface area contributed by atoms with Gasteiger partial charge in [0.2, 0.25) is 0 Å². The fourth-order valence-corrected chi connectivity index (χ4v) is 1.01. The molecule has 14 heavy (non-hydrogen) atoms. The Hall–Kier alpha value is -1.51. The molecule has 76 valence electrons. The highest BCUT2D eigenvalue weighted by atomic mass is 16.5. The second kappa shape index (κ2) is 5.27. The van der Waals surface area contributed by atoms with Gasteiger partial charge in [0.05, 0.1) is 13.0 Å². The van der Waals surface area contributed by atoms with Crippen molar-refractivity contribution >= 4 is 5.97 Å². The van der Waals surface area contributed by atoms with Crippen LogP contribution in [0.5, 0.6) is 5.75 Å². The Labute approximate surface area is 83.6 Å². The summed E-state index contributed by atoms with van der Waals surface area (Å²) in [5, 5.41) is 0. The first kappa shape index (κ1) is 10.6. The summed E-state index contributed by atoms with van der Waals surface area (Å²) in [7, 11) is 1.38. The van der Waals surface area contributed by atoms with Crippen molar-refractivity contribution in [3.63, 3.8) is 0 Å². The normalized spacial score (nSPS) is 11.9. The van der Waals surface area contributed by atoms with E-state index in [4.69, 9.17) is 4.74 Å². The van der Waals surface area contributed by atoms with E-state index in [-0.39, 0.29) is 11.9 Å². The van der Waals surface area contributed by atoms with E-state index in [1.54, 1.807) is 6.92 Å². The molecular weight excluding hydrogens is 180 g/mol. The Morgan fingerprint density at radius 3 is 2.57 bits per heavy atom. The molecule has 0 saturated heterocycles. The number of hydrogen-bond acceptors (Lipinski definition) is 3. The molecule has 0 bridgehead atoms. The van der Waals surface area contributed by atoms with Gasteiger partial charge in [-0.25, -0.2) is 0 Å². The van der Waals surface area contributed by atoms with Gasteiger partial charge in [-0.3, -0.25) is 4.79 Å². The molecule has 0 fully saturated rings. The summed E-state index contributed by atoms with van der Waals surface area (Å²) in [6.07, 6.45) is 0. The fraction of sp³-hybridized carbons (Fsp3) is 0.364. The first-order valence-corrected chi connectivity index (χ1v) is 4.49. The molecule has 1 rings (SSSR count). The van der Waals surface area contributed by atoms with Crippen molar-refractivity contribution in [2.24, 2.45) is 5.92 Å². The zero-order valence-corrected chi connectivity index (χ0v) is 8.40. The minimum atomic E-state index is -0.249. The minimum Gasteiger partial charge on any atom is -0.493 e. The number of esters is 1. The third-order valence-corrected chi connectivity index (χ3v) is 1.85. The van der Waals surface area contributed by atoms with E-state index >= 15 is 0 Å². The van der Waals surface area contributed by atoms with Crippen LogP contribution in [-0.2, 0) is 9.53 Å². The molecule has 0 amide bonds. The number of carbonyl (C=O) groups is 1. The average Bonchev–Trinajstić information content (AvgIpc) is 2.26. The lowest BCUT2D eigenvalue weighted by Gasteiger charge is -2.10. The summed E-state index contributed by atoms with van der Waals surface area (Å²) in [5.74, 6) is 0.282. The van der Waals surface area contributed by atoms with Crippen LogP contribution >= 0.6 is 0 Å². The zero-order chi connectivity index (χ0) is 10.4. The largest absolute Gasteiger partial charge is 0.493 e. The number of carbonyl (C=O) groups excluding carboxylic acids is 1. The predicted octanol–water partition coefficient (Wildman–Crippen LogP) is 1.87. The van der Waals surface area contributed by atoms with E-state index < -0.39 is 0 Å². The molecular formula is C11H14O3. The molecule has 0 aliphatic heterocycles. The maximum absolute atomic E-state index is 11.0. The van der Waals surface area contributed by atoms with Gasteiger partial charge in [0.15, 0.2) is 0 Å². The first-order chi connectivity index (χ1) is 6.74. The molecule has 1 aromatic rings. The number of rotatable bonds is 4. The molecule has 0 aliphatic rings. The number of para-hydroxylation sites is 1. The number of methoxy groups -OCH3 is 1. The zero-order valence-electron chi connectivity index (χ0n) is 8.40. The molecule has 0 heterocycles. The van der Waals surface area contributed by atoms with E-state index in [1.807, 2.05) is 30.3 Å². The summed E-state index contributed by atoms with van der Waals surface area (Å²) in [6.45, 7) is 2.12. The Balaban J connectivity index is 2.38. The molecule has 0 N–H and O–H groups in total. The topological polar surface area (TPSA) is 35.5 Å². The van der Waals surface area contributed by atoms with Crippen LogP contribution in [0.3, 0.4) is 0 Å². The van der Waals surface area contributed by atoms with Crippen molar-refractivity contribution in [2.75, 3.05) is 13.7 Å². The molecule has 0 aromatic heterocycles. The van der Waals surface area contributed by atoms with E-state index in [9.17, 15) is 4.79 Å². The second-order valence-corrected chi connectivity index (χ2v) is 3.05. The van der Waals surface area contributed by atoms with Gasteiger partial charge in [-0.2, -0.15) is 0 Å². The lowest BCUT2D eigenvalue weighted by molar-refractivity contribution is -0.145. The van der Waals surface area contributed by atoms with Crippen LogP contribution < -0.4 is 4.74 Å². The number of ether oxygens (including phenoxy) is 2. The van der Waals surface area contributed by atoms with Crippen molar-refractivity contribution in [3.05, 3.63) is 30.3 Å². The molecule has 0 radical (unpaired) electrons. The fourth-order valence-electron chi connectivity index (χ4n) is 1.01. The molecule has 3 heteroatoms. The lowest BCUT2D eigenvalue weighted by Crippen LogP contribution is -2.19. The van der Waals surface area contributed by atoms with Crippen molar-refractivity contribution < 1.29 is 14.3 Å². The second-order valence-electron chi connectivity index (χ2n) is 3.05. The summed E-state index contributed by atoms with van der Waals surface area (Å²) in [4.78, 5) is 11.0. The Kier molecular flexibility index (Phi) is 3.98. The maximum Gasteiger partial charge on any atom is 0.311 e. The van der Waals surface area contributed by atoms with Crippen LogP contribution in [0.4, 0.5) is 0 Å². The van der Waals surface area contributed by atoms with Gasteiger partial charge in [0.25, 0.3) is 0 Å². The highest BCUT2D eigenvalue weighted by Crippen LogP contribution is 2.10. The molecule has 0 spiro atoms. The minimum absolute atomic E-state index is 0.236. The van der Waals surface area contributed by atoms with Crippen molar-refractivity contribution in [3.8, 4) is 5.75 Å². The van der Waals surface area contributed by atoms with Gasteiger partial charge < -0.3 is 9.47 Å². The van der Waals surface area contributed by atoms with Crippen LogP contribution in [0.1, 0.15) is 6.92 Å². The van der Waals surface area contributed by atoms with E-state index in [1.165, 1.54) is 7.11 Å². The Bertz CT molecular complexity index is 282. The molecule has 0 unspecified atom stereocenters. The predicted molar refractivity (Wildman–Crippen MR) is 53.1 cm³/mol. The monoisotopic (exact) mass is 194 g/mol. The number of hydrogen-bond donors (Lipinski definition) is 0. The van der Waals surface area contributed by atoms with Crippen LogP contribution in [0.25, 0.3) is 0 Å². The maximum atomic E-state index is 11.0. The average molecular weight is 194 g/mol. The molecule has 3 nitrogen and oxygen atoms in total. The van der Waals surface area contributed by atoms with Gasteiger partial charge in [-0.05, 0) is 19.1 Å². The SMILES string of the molecule is COC(=O)[C@H](C)COc1ccccc1. The van der Waals surface area contributed by atoms with Crippen molar-refractivity contribution in [1.82, 2.24) is 0 Å². The van der Waals surface area contributed by atoms with Gasteiger partial charge in [0, 0.05) is 0 Å². The summed E-state index contributed by atoms with van der Waals surface area (Å²) >= 11 is 0. The van der Waals surface area contributed by atoms with Crippen molar-refractivity contribution in [2.45, 2.75) is 6.92 Å². The van der Waals surface area contributed by atoms with Crippen LogP contribution in [-0.4, -0.2) is 19.7 Å². The standard InChI is InChI=1S/C11H14O3/c1-9(11(12)13-2)8-14-10-6-4-3-5-7-10/h3-7,9H,8H2,1-2H3/t9-/m1/s1. The Morgan fingerprint density at radius 1 is 1.36 bits per heavy atom. The first-order valence-electron chi connectivity index (χ1n) is 4.49. The molecule has 0 saturated carbocycles. The van der Waals surface area contributed by atoms with Gasteiger partial charge in [-0.15, -0.1) is 0 Å². The van der Waals surface area contributed by atoms with Gasteiger partial charge in [-0.1, -0.05) is 18.2 Å². The third-order valence-electron chi connectivity index (χ3n) is 1.85. The number of benzene rings is 1. The smallest absolute Gasteiger partial charge is 0.311 e. The molecule has 0 aliphatic carbocycles. The summed E-state index contributed by atoms with van der Waals surface area (Å²) < 4.78 is 9.97. The molecule has 1 atom stereocenters. The van der Waals surface area contributed by atoms with E-state index in [2.05, 4.69) is 4.74 Å². The van der Waals surface area contributed by atoms with Gasteiger partial charge in [0.1, 0.15) is 12.4 Å². The van der Waals surface area contributed by atoms with E-state index in [0.717, 1.165) is 5.75 Å². The van der Waals surface area contributed by atoms with Crippen LogP contribution in [0, 0.1) is 5.92 Å². The van der Waals surface area contributed by atoms with Crippen LogP contribution in [0.2, 0.25) is 0 Å². The van der Waals surface area contributed by atoms with Crippen molar-refractivity contribution in [1.29, 1.82) is 0 Å².